The van der Waals surface area contributed by atoms with Gasteiger partial charge in [0.15, 0.2) is 12.5 Å². The maximum absolute atomic E-state index is 15.7. The fourth-order valence-corrected chi connectivity index (χ4v) is 4.27. The van der Waals surface area contributed by atoms with Gasteiger partial charge in [-0.25, -0.2) is 13.8 Å². The van der Waals surface area contributed by atoms with E-state index in [9.17, 15) is 29.2 Å². The Kier molecular flexibility index (Phi) is 5.18. The Morgan fingerprint density at radius 3 is 2.94 bits per heavy atom. The van der Waals surface area contributed by atoms with Crippen LogP contribution < -0.4 is 15.8 Å². The molecule has 5 atom stereocenters. The second-order valence-corrected chi connectivity index (χ2v) is 8.67. The predicted octanol–water partition coefficient (Wildman–Crippen LogP) is 0.653. The normalized spacial score (nSPS) is 33.1. The number of rotatable bonds is 5. The summed E-state index contributed by atoms with van der Waals surface area (Å²) in [6.07, 6.45) is -6.45. The molecule has 12 nitrogen and oxygen atoms in total. The summed E-state index contributed by atoms with van der Waals surface area (Å²) in [6, 6.07) is 4.10. The van der Waals surface area contributed by atoms with Crippen LogP contribution in [0, 0.1) is 0 Å². The summed E-state index contributed by atoms with van der Waals surface area (Å²) in [4.78, 5) is 36.4. The van der Waals surface area contributed by atoms with E-state index in [2.05, 4.69) is 4.52 Å². The van der Waals surface area contributed by atoms with Gasteiger partial charge in [-0.15, -0.1) is 0 Å². The van der Waals surface area contributed by atoms with Crippen molar-refractivity contribution in [2.45, 2.75) is 30.9 Å². The lowest BCUT2D eigenvalue weighted by Gasteiger charge is -2.28. The van der Waals surface area contributed by atoms with E-state index in [0.29, 0.717) is 21.4 Å². The molecule has 0 radical (unpaired) electrons. The number of fused-ring (bicyclic) bond motifs is 1. The molecule has 4 rings (SSSR count). The number of halogens is 2. The Balaban J connectivity index is 1.64. The topological polar surface area (TPSA) is 166 Å². The maximum Gasteiger partial charge on any atom is 0.530 e. The minimum absolute atomic E-state index is 0.0466. The van der Waals surface area contributed by atoms with E-state index in [1.807, 2.05) is 0 Å². The lowest BCUT2D eigenvalue weighted by molar-refractivity contribution is -0.205. The standard InChI is InChI=1S/C17H15ClFN2O10P/c18-10-1-2-11-8(3-10)6-28-32(27,31-11)29-7-17(19)13(24)12(23)15(30-17)21-4-9(5-22)14(25)20-16(21)26/h1-5,12-13,15,23-24H,6-7H2,(H,20,25,26)/t12-,13+,15-,17-,32?/m1/s1/i7D2. The van der Waals surface area contributed by atoms with Crippen LogP contribution in [0.2, 0.25) is 5.02 Å². The molecular formula is C17H15ClFN2O10P. The van der Waals surface area contributed by atoms with Gasteiger partial charge in [0.25, 0.3) is 11.4 Å². The van der Waals surface area contributed by atoms with Crippen LogP contribution in [0.25, 0.3) is 0 Å². The number of carbonyl (C=O) groups is 1. The first-order valence-electron chi connectivity index (χ1n) is 9.77. The summed E-state index contributed by atoms with van der Waals surface area (Å²) < 4.78 is 64.4. The molecule has 15 heteroatoms. The molecule has 1 saturated heterocycles. The first-order chi connectivity index (χ1) is 15.8. The zero-order chi connectivity index (χ0) is 25.1. The highest BCUT2D eigenvalue weighted by molar-refractivity contribution is 7.49. The summed E-state index contributed by atoms with van der Waals surface area (Å²) in [7, 11) is -4.84. The molecule has 1 unspecified atom stereocenters. The molecule has 2 aliphatic rings. The monoisotopic (exact) mass is 494 g/mol. The lowest BCUT2D eigenvalue weighted by Crippen LogP contribution is -2.43. The zero-order valence-electron chi connectivity index (χ0n) is 17.6. The Morgan fingerprint density at radius 2 is 2.22 bits per heavy atom. The van der Waals surface area contributed by atoms with Gasteiger partial charge < -0.3 is 19.5 Å². The smallest absolute Gasteiger partial charge is 0.404 e. The zero-order valence-corrected chi connectivity index (χ0v) is 17.3. The van der Waals surface area contributed by atoms with Crippen molar-refractivity contribution >= 4 is 25.7 Å². The number of carbonyl (C=O) groups excluding carboxylic acids is 1. The van der Waals surface area contributed by atoms with Crippen LogP contribution in [0.15, 0.2) is 34.0 Å². The number of hydrogen-bond acceptors (Lipinski definition) is 10. The first kappa shape index (κ1) is 20.2. The molecule has 0 bridgehead atoms. The third-order valence-corrected chi connectivity index (χ3v) is 6.01. The van der Waals surface area contributed by atoms with Gasteiger partial charge in [0.2, 0.25) is 0 Å². The summed E-state index contributed by atoms with van der Waals surface area (Å²) >= 11 is 5.84. The number of hydrogen-bond donors (Lipinski definition) is 3. The number of ether oxygens (including phenoxy) is 1. The molecule has 0 spiro atoms. The number of aromatic nitrogens is 2. The molecule has 0 amide bonds. The van der Waals surface area contributed by atoms with Gasteiger partial charge in [0.1, 0.15) is 24.5 Å². The number of aromatic amines is 1. The Labute approximate surface area is 185 Å². The fraction of sp³-hybridized carbons (Fsp3) is 0.353. The minimum Gasteiger partial charge on any atom is -0.404 e. The maximum atomic E-state index is 15.7. The van der Waals surface area contributed by atoms with Crippen molar-refractivity contribution in [1.82, 2.24) is 9.55 Å². The molecule has 0 saturated carbocycles. The number of aliphatic hydroxyl groups is 2. The van der Waals surface area contributed by atoms with E-state index >= 15 is 4.39 Å². The molecule has 2 aromatic rings. The highest BCUT2D eigenvalue weighted by Gasteiger charge is 2.57. The van der Waals surface area contributed by atoms with Crippen LogP contribution in [-0.2, 0) is 25.0 Å². The van der Waals surface area contributed by atoms with E-state index in [1.165, 1.54) is 18.2 Å². The van der Waals surface area contributed by atoms with E-state index in [-0.39, 0.29) is 12.0 Å². The van der Waals surface area contributed by atoms with Crippen molar-refractivity contribution in [3.05, 3.63) is 61.4 Å². The van der Waals surface area contributed by atoms with E-state index < -0.39 is 62.1 Å². The van der Waals surface area contributed by atoms with Gasteiger partial charge in [0.05, 0.1) is 14.9 Å². The summed E-state index contributed by atoms with van der Waals surface area (Å²) in [5.41, 5.74) is -2.61. The average Bonchev–Trinajstić information content (AvgIpc) is 2.99. The van der Waals surface area contributed by atoms with Crippen LogP contribution in [0.4, 0.5) is 4.39 Å². The van der Waals surface area contributed by atoms with Gasteiger partial charge >= 0.3 is 13.5 Å². The van der Waals surface area contributed by atoms with E-state index in [1.54, 1.807) is 4.98 Å². The molecule has 32 heavy (non-hydrogen) atoms. The largest absolute Gasteiger partial charge is 0.530 e. The van der Waals surface area contributed by atoms with Gasteiger partial charge in [-0.1, -0.05) is 11.6 Å². The van der Waals surface area contributed by atoms with Crippen LogP contribution in [0.3, 0.4) is 0 Å². The molecule has 172 valence electrons. The van der Waals surface area contributed by atoms with E-state index in [4.69, 9.17) is 28.1 Å². The third-order valence-electron chi connectivity index (χ3n) is 4.59. The summed E-state index contributed by atoms with van der Waals surface area (Å²) in [6.45, 7) is -4.20. The van der Waals surface area contributed by atoms with Crippen molar-refractivity contribution in [2.24, 2.45) is 0 Å². The van der Waals surface area contributed by atoms with Crippen LogP contribution in [0.5, 0.6) is 5.75 Å². The molecular weight excluding hydrogens is 478 g/mol. The van der Waals surface area contributed by atoms with Gasteiger partial charge in [0, 0.05) is 16.8 Å². The number of H-pyrrole nitrogens is 1. The third kappa shape index (κ3) is 4.04. The number of aliphatic hydroxyl groups excluding tert-OH is 2. The number of aldehydes is 1. The van der Waals surface area contributed by atoms with Crippen molar-refractivity contribution in [1.29, 1.82) is 0 Å². The van der Waals surface area contributed by atoms with E-state index in [0.717, 1.165) is 0 Å². The Morgan fingerprint density at radius 1 is 1.47 bits per heavy atom. The number of nitrogens with zero attached hydrogens (tertiary/aromatic N) is 1. The quantitative estimate of drug-likeness (QED) is 0.396. The highest BCUT2D eigenvalue weighted by Crippen LogP contribution is 2.56. The minimum atomic E-state index is -4.84. The SMILES string of the molecule is [2H]C([2H])(OP1(=O)OCc2cc(Cl)ccc2O1)[C@@]1(F)O[C@@H](n2cc(C=O)c(=O)[nH]c2=O)[C@H](O)[C@@H]1O. The number of benzene rings is 1. The molecule has 3 heterocycles. The molecule has 1 aromatic carbocycles. The molecule has 3 N–H and O–H groups in total. The van der Waals surface area contributed by atoms with Gasteiger partial charge in [-0.3, -0.25) is 28.2 Å². The van der Waals surface area contributed by atoms with Crippen LogP contribution in [0.1, 0.15) is 24.9 Å². The average molecular weight is 495 g/mol. The van der Waals surface area contributed by atoms with Gasteiger partial charge in [-0.2, -0.15) is 0 Å². The molecule has 1 aromatic heterocycles. The van der Waals surface area contributed by atoms with Crippen molar-refractivity contribution in [3.63, 3.8) is 0 Å². The number of phosphoric ester groups is 1. The number of phosphoric acid groups is 1. The lowest BCUT2D eigenvalue weighted by atomic mass is 10.1. The highest BCUT2D eigenvalue weighted by atomic mass is 35.5. The molecule has 0 aliphatic carbocycles. The summed E-state index contributed by atoms with van der Waals surface area (Å²) in [5.74, 6) is -3.98. The number of alkyl halides is 1. The first-order valence-corrected chi connectivity index (χ1v) is 10.6. The van der Waals surface area contributed by atoms with Crippen molar-refractivity contribution in [2.75, 3.05) is 6.56 Å². The van der Waals surface area contributed by atoms with Crippen molar-refractivity contribution < 1.29 is 45.0 Å². The van der Waals surface area contributed by atoms with Gasteiger partial charge in [-0.05, 0) is 18.2 Å². The number of nitrogens with one attached hydrogen (secondary N) is 1. The van der Waals surface area contributed by atoms with Crippen LogP contribution >= 0.6 is 19.4 Å². The fourth-order valence-electron chi connectivity index (χ4n) is 2.98. The Bertz CT molecular complexity index is 1320. The summed E-state index contributed by atoms with van der Waals surface area (Å²) in [5, 5.41) is 20.8. The Hall–Kier alpha value is -2.38. The molecule has 1 fully saturated rings. The van der Waals surface area contributed by atoms with Crippen LogP contribution in [-0.4, -0.2) is 50.7 Å². The second kappa shape index (κ2) is 8.19. The molecule has 2 aliphatic heterocycles. The second-order valence-electron chi connectivity index (χ2n) is 6.72. The predicted molar refractivity (Wildman–Crippen MR) is 103 cm³/mol. The van der Waals surface area contributed by atoms with Crippen molar-refractivity contribution in [3.8, 4) is 5.75 Å².